The van der Waals surface area contributed by atoms with Crippen LogP contribution in [0.3, 0.4) is 0 Å². The molecule has 8 heteroatoms. The van der Waals surface area contributed by atoms with Gasteiger partial charge in [0, 0.05) is 17.0 Å². The molecule has 0 radical (unpaired) electrons. The Morgan fingerprint density at radius 1 is 1.10 bits per heavy atom. The summed E-state index contributed by atoms with van der Waals surface area (Å²) in [5.74, 6) is 2.65. The molecule has 0 spiro atoms. The van der Waals surface area contributed by atoms with Gasteiger partial charge >= 0.3 is 0 Å². The molecule has 0 saturated heterocycles. The maximum absolute atomic E-state index is 6.35. The summed E-state index contributed by atoms with van der Waals surface area (Å²) in [5, 5.41) is 12.8. The van der Waals surface area contributed by atoms with Crippen molar-refractivity contribution in [2.24, 2.45) is 0 Å². The minimum absolute atomic E-state index is 0.440. The average molecular weight is 425 g/mol. The zero-order valence-corrected chi connectivity index (χ0v) is 18.0. The second kappa shape index (κ2) is 9.21. The number of para-hydroxylation sites is 2. The van der Waals surface area contributed by atoms with E-state index in [0.717, 1.165) is 29.0 Å². The van der Waals surface area contributed by atoms with E-state index in [1.807, 2.05) is 49.4 Å². The number of thioether (sulfide) groups is 1. The fourth-order valence-electron chi connectivity index (χ4n) is 3.27. The van der Waals surface area contributed by atoms with Crippen LogP contribution in [0.4, 0.5) is 5.69 Å². The highest BCUT2D eigenvalue weighted by Crippen LogP contribution is 2.43. The lowest BCUT2D eigenvalue weighted by molar-refractivity contribution is 0.217. The molecule has 1 aromatic heterocycles. The first-order chi connectivity index (χ1) is 14.7. The number of nitrogens with zero attached hydrogens (tertiary/aromatic N) is 3. The van der Waals surface area contributed by atoms with Gasteiger partial charge in [-0.3, -0.25) is 0 Å². The van der Waals surface area contributed by atoms with Crippen molar-refractivity contribution in [1.82, 2.24) is 15.2 Å². The second-order valence-electron chi connectivity index (χ2n) is 6.60. The van der Waals surface area contributed by atoms with Crippen LogP contribution in [0.15, 0.2) is 47.6 Å². The molecule has 1 atom stereocenters. The van der Waals surface area contributed by atoms with Crippen molar-refractivity contribution in [1.29, 1.82) is 0 Å². The first-order valence-electron chi connectivity index (χ1n) is 9.95. The number of methoxy groups -OCH3 is 1. The van der Waals surface area contributed by atoms with E-state index in [1.54, 1.807) is 18.9 Å². The molecule has 30 heavy (non-hydrogen) atoms. The number of benzene rings is 2. The fourth-order valence-corrected chi connectivity index (χ4v) is 3.90. The highest BCUT2D eigenvalue weighted by molar-refractivity contribution is 7.99. The van der Waals surface area contributed by atoms with Crippen LogP contribution in [0.1, 0.15) is 32.1 Å². The predicted molar refractivity (Wildman–Crippen MR) is 117 cm³/mol. The van der Waals surface area contributed by atoms with E-state index in [4.69, 9.17) is 14.2 Å². The highest BCUT2D eigenvalue weighted by Gasteiger charge is 2.28. The van der Waals surface area contributed by atoms with Crippen LogP contribution in [0.5, 0.6) is 17.4 Å². The molecule has 1 aliphatic heterocycles. The smallest absolute Gasteiger partial charge is 0.247 e. The molecule has 1 N–H and O–H groups in total. The third-order valence-electron chi connectivity index (χ3n) is 4.56. The molecule has 0 saturated carbocycles. The third-order valence-corrected chi connectivity index (χ3v) is 5.61. The van der Waals surface area contributed by atoms with E-state index >= 15 is 0 Å². The monoisotopic (exact) mass is 424 g/mol. The van der Waals surface area contributed by atoms with Crippen molar-refractivity contribution >= 4 is 17.4 Å². The van der Waals surface area contributed by atoms with Gasteiger partial charge in [-0.25, -0.2) is 0 Å². The molecule has 0 amide bonds. The molecule has 2 heterocycles. The zero-order chi connectivity index (χ0) is 20.9. The Kier molecular flexibility index (Phi) is 6.23. The molecular formula is C22H24N4O3S. The van der Waals surface area contributed by atoms with E-state index in [2.05, 4.69) is 27.4 Å². The summed E-state index contributed by atoms with van der Waals surface area (Å²) in [6, 6.07) is 13.7. The lowest BCUT2D eigenvalue weighted by Crippen LogP contribution is -2.18. The van der Waals surface area contributed by atoms with Gasteiger partial charge < -0.3 is 19.5 Å². The summed E-state index contributed by atoms with van der Waals surface area (Å²) in [6.45, 7) is 4.60. The number of fused-ring (bicyclic) bond motifs is 3. The van der Waals surface area contributed by atoms with Gasteiger partial charge in [-0.15, -0.1) is 10.2 Å². The number of hydrogen-bond donors (Lipinski definition) is 1. The molecule has 0 bridgehead atoms. The number of ether oxygens (including phenoxy) is 3. The van der Waals surface area contributed by atoms with Crippen molar-refractivity contribution in [2.75, 3.05) is 24.8 Å². The van der Waals surface area contributed by atoms with Crippen LogP contribution in [0.25, 0.3) is 11.3 Å². The van der Waals surface area contributed by atoms with E-state index in [9.17, 15) is 0 Å². The summed E-state index contributed by atoms with van der Waals surface area (Å²) in [4.78, 5) is 4.65. The van der Waals surface area contributed by atoms with Gasteiger partial charge in [-0.05, 0) is 31.5 Å². The van der Waals surface area contributed by atoms with Crippen molar-refractivity contribution < 1.29 is 14.2 Å². The topological polar surface area (TPSA) is 78.4 Å². The Morgan fingerprint density at radius 2 is 1.97 bits per heavy atom. The maximum Gasteiger partial charge on any atom is 0.247 e. The van der Waals surface area contributed by atoms with Gasteiger partial charge in [0.2, 0.25) is 17.3 Å². The lowest BCUT2D eigenvalue weighted by Gasteiger charge is -2.22. The van der Waals surface area contributed by atoms with Crippen LogP contribution in [0.2, 0.25) is 0 Å². The highest BCUT2D eigenvalue weighted by atomic mass is 32.2. The number of aromatic nitrogens is 3. The molecule has 156 valence electrons. The Bertz CT molecular complexity index is 1030. The predicted octanol–water partition coefficient (Wildman–Crippen LogP) is 4.95. The Morgan fingerprint density at radius 3 is 2.77 bits per heavy atom. The summed E-state index contributed by atoms with van der Waals surface area (Å²) in [5.41, 5.74) is 3.20. The molecule has 1 aliphatic rings. The standard InChI is InChI=1S/C22H24N4O3S/c1-4-13-30-22-24-21-18(25-26-22)14-9-6-7-11-16(14)23-20(29-21)15-10-8-12-17(28-5-2)19(15)27-3/h6-12,20,23H,4-5,13H2,1-3H3. The summed E-state index contributed by atoms with van der Waals surface area (Å²) in [6.07, 6.45) is 0.490. The quantitative estimate of drug-likeness (QED) is 0.534. The molecule has 3 aromatic rings. The van der Waals surface area contributed by atoms with Crippen molar-refractivity contribution in [3.63, 3.8) is 0 Å². The van der Waals surface area contributed by atoms with Gasteiger partial charge in [0.15, 0.2) is 17.2 Å². The molecule has 0 aliphatic carbocycles. The molecule has 2 aromatic carbocycles. The first kappa shape index (κ1) is 20.3. The van der Waals surface area contributed by atoms with Crippen LogP contribution < -0.4 is 19.5 Å². The van der Waals surface area contributed by atoms with E-state index < -0.39 is 6.23 Å². The minimum atomic E-state index is -0.538. The van der Waals surface area contributed by atoms with Crippen LogP contribution >= 0.6 is 11.8 Å². The molecule has 1 unspecified atom stereocenters. The number of anilines is 1. The lowest BCUT2D eigenvalue weighted by atomic mass is 10.1. The summed E-state index contributed by atoms with van der Waals surface area (Å²) in [7, 11) is 1.63. The van der Waals surface area contributed by atoms with Gasteiger partial charge in [-0.1, -0.05) is 43.0 Å². The van der Waals surface area contributed by atoms with Gasteiger partial charge in [0.05, 0.1) is 19.3 Å². The van der Waals surface area contributed by atoms with Crippen molar-refractivity contribution in [3.8, 4) is 28.6 Å². The number of hydrogen-bond acceptors (Lipinski definition) is 8. The Balaban J connectivity index is 1.81. The van der Waals surface area contributed by atoms with E-state index in [-0.39, 0.29) is 0 Å². The van der Waals surface area contributed by atoms with E-state index in [0.29, 0.717) is 34.8 Å². The van der Waals surface area contributed by atoms with Crippen LogP contribution in [-0.4, -0.2) is 34.7 Å². The zero-order valence-electron chi connectivity index (χ0n) is 17.2. The summed E-state index contributed by atoms with van der Waals surface area (Å²) < 4.78 is 17.8. The van der Waals surface area contributed by atoms with Gasteiger partial charge in [0.25, 0.3) is 0 Å². The number of nitrogens with one attached hydrogen (secondary N) is 1. The Hall–Kier alpha value is -3.00. The minimum Gasteiger partial charge on any atom is -0.492 e. The van der Waals surface area contributed by atoms with Crippen molar-refractivity contribution in [2.45, 2.75) is 31.7 Å². The largest absolute Gasteiger partial charge is 0.492 e. The molecule has 4 rings (SSSR count). The van der Waals surface area contributed by atoms with E-state index in [1.165, 1.54) is 0 Å². The molecular weight excluding hydrogens is 400 g/mol. The third kappa shape index (κ3) is 4.00. The van der Waals surface area contributed by atoms with Gasteiger partial charge in [0.1, 0.15) is 0 Å². The van der Waals surface area contributed by atoms with Gasteiger partial charge in [-0.2, -0.15) is 4.98 Å². The first-order valence-corrected chi connectivity index (χ1v) is 10.9. The Labute approximate surface area is 180 Å². The number of rotatable bonds is 7. The van der Waals surface area contributed by atoms with Crippen LogP contribution in [0, 0.1) is 0 Å². The second-order valence-corrected chi connectivity index (χ2v) is 7.66. The van der Waals surface area contributed by atoms with Crippen molar-refractivity contribution in [3.05, 3.63) is 48.0 Å². The molecule has 7 nitrogen and oxygen atoms in total. The fraction of sp³-hybridized carbons (Fsp3) is 0.318. The summed E-state index contributed by atoms with van der Waals surface area (Å²) >= 11 is 1.57. The average Bonchev–Trinajstić information content (AvgIpc) is 2.94. The normalized spacial score (nSPS) is 14.6. The molecule has 0 fully saturated rings. The SMILES string of the molecule is CCCSc1nnc2c(n1)OC(c1cccc(OCC)c1OC)Nc1ccccc1-2. The van der Waals surface area contributed by atoms with Crippen LogP contribution in [-0.2, 0) is 0 Å². The maximum atomic E-state index is 6.35.